The SMILES string of the molecule is COc1cc(C2C3=C(CCCC3=O)N(CCC(=O)O)C3=C2C(=O)CCC3)cc(I)c1OCc1ccccc1. The van der Waals surface area contributed by atoms with E-state index in [1.54, 1.807) is 7.11 Å². The van der Waals surface area contributed by atoms with Crippen molar-refractivity contribution in [3.05, 3.63) is 79.7 Å². The van der Waals surface area contributed by atoms with E-state index in [1.807, 2.05) is 47.4 Å². The quantitative estimate of drug-likeness (QED) is 0.372. The summed E-state index contributed by atoms with van der Waals surface area (Å²) < 4.78 is 12.7. The number of halogens is 1. The van der Waals surface area contributed by atoms with Gasteiger partial charge in [-0.1, -0.05) is 30.3 Å². The van der Waals surface area contributed by atoms with Gasteiger partial charge in [-0.25, -0.2) is 0 Å². The van der Waals surface area contributed by atoms with E-state index in [0.717, 1.165) is 38.9 Å². The Labute approximate surface area is 235 Å². The van der Waals surface area contributed by atoms with Crippen molar-refractivity contribution in [2.75, 3.05) is 13.7 Å². The third-order valence-corrected chi connectivity index (χ3v) is 8.25. The number of Topliss-reactive ketones (excluding diaryl/α,β-unsaturated/α-hetero) is 2. The van der Waals surface area contributed by atoms with Crippen molar-refractivity contribution in [3.8, 4) is 11.5 Å². The first-order chi connectivity index (χ1) is 18.4. The van der Waals surface area contributed by atoms with Crippen molar-refractivity contribution >= 4 is 40.1 Å². The van der Waals surface area contributed by atoms with Gasteiger partial charge in [0, 0.05) is 47.8 Å². The molecule has 0 bridgehead atoms. The second kappa shape index (κ2) is 11.3. The Hall–Kier alpha value is -3.14. The smallest absolute Gasteiger partial charge is 0.305 e. The van der Waals surface area contributed by atoms with Gasteiger partial charge in [0.15, 0.2) is 23.1 Å². The maximum Gasteiger partial charge on any atom is 0.305 e. The summed E-state index contributed by atoms with van der Waals surface area (Å²) in [6.45, 7) is 0.642. The van der Waals surface area contributed by atoms with Crippen LogP contribution in [0.5, 0.6) is 11.5 Å². The number of carbonyl (C=O) groups is 3. The molecule has 1 N–H and O–H groups in total. The predicted octanol–water partition coefficient (Wildman–Crippen LogP) is 5.77. The number of carbonyl (C=O) groups excluding carboxylic acids is 2. The van der Waals surface area contributed by atoms with Gasteiger partial charge in [-0.05, 0) is 71.5 Å². The lowest BCUT2D eigenvalue weighted by Crippen LogP contribution is -2.40. The second-order valence-corrected chi connectivity index (χ2v) is 11.0. The number of ether oxygens (including phenoxy) is 2. The van der Waals surface area contributed by atoms with E-state index in [9.17, 15) is 19.5 Å². The van der Waals surface area contributed by atoms with E-state index in [4.69, 9.17) is 9.47 Å². The maximum atomic E-state index is 13.5. The van der Waals surface area contributed by atoms with Crippen LogP contribution < -0.4 is 9.47 Å². The van der Waals surface area contributed by atoms with E-state index in [0.29, 0.717) is 54.9 Å². The second-order valence-electron chi connectivity index (χ2n) is 9.81. The van der Waals surface area contributed by atoms with Crippen molar-refractivity contribution in [1.82, 2.24) is 4.90 Å². The van der Waals surface area contributed by atoms with E-state index in [1.165, 1.54) is 0 Å². The molecule has 1 heterocycles. The van der Waals surface area contributed by atoms with Gasteiger partial charge in [0.05, 0.1) is 17.1 Å². The lowest BCUT2D eigenvalue weighted by Gasteiger charge is -2.44. The van der Waals surface area contributed by atoms with E-state index in [2.05, 4.69) is 22.6 Å². The molecule has 2 aliphatic carbocycles. The molecule has 0 saturated heterocycles. The van der Waals surface area contributed by atoms with Crippen LogP contribution in [-0.4, -0.2) is 41.2 Å². The van der Waals surface area contributed by atoms with Gasteiger partial charge in [-0.2, -0.15) is 0 Å². The number of hydrogen-bond donors (Lipinski definition) is 1. The van der Waals surface area contributed by atoms with E-state index in [-0.39, 0.29) is 24.5 Å². The fourth-order valence-corrected chi connectivity index (χ4v) is 6.58. The molecule has 3 aliphatic rings. The minimum absolute atomic E-state index is 0.0277. The van der Waals surface area contributed by atoms with Crippen LogP contribution in [0.25, 0.3) is 0 Å². The van der Waals surface area contributed by atoms with Gasteiger partial charge in [-0.3, -0.25) is 14.4 Å². The molecule has 0 radical (unpaired) electrons. The maximum absolute atomic E-state index is 13.5. The summed E-state index contributed by atoms with van der Waals surface area (Å²) >= 11 is 2.22. The zero-order chi connectivity index (χ0) is 26.8. The van der Waals surface area contributed by atoms with Gasteiger partial charge in [0.25, 0.3) is 0 Å². The summed E-state index contributed by atoms with van der Waals surface area (Å²) in [5.41, 5.74) is 4.87. The molecule has 0 fully saturated rings. The summed E-state index contributed by atoms with van der Waals surface area (Å²) in [6, 6.07) is 13.8. The van der Waals surface area contributed by atoms with Gasteiger partial charge in [-0.15, -0.1) is 0 Å². The molecule has 8 heteroatoms. The Kier molecular flexibility index (Phi) is 7.88. The largest absolute Gasteiger partial charge is 0.493 e. The number of ketones is 2. The molecule has 5 rings (SSSR count). The monoisotopic (exact) mass is 627 g/mol. The fraction of sp³-hybridized carbons (Fsp3) is 0.367. The first-order valence-electron chi connectivity index (χ1n) is 12.9. The van der Waals surface area contributed by atoms with E-state index < -0.39 is 11.9 Å². The van der Waals surface area contributed by atoms with Gasteiger partial charge >= 0.3 is 5.97 Å². The molecule has 198 valence electrons. The Morgan fingerprint density at radius 1 is 1.00 bits per heavy atom. The lowest BCUT2D eigenvalue weighted by atomic mass is 9.71. The molecule has 2 aromatic carbocycles. The highest BCUT2D eigenvalue weighted by Gasteiger charge is 2.43. The van der Waals surface area contributed by atoms with Gasteiger partial charge in [0.2, 0.25) is 0 Å². The minimum Gasteiger partial charge on any atom is -0.493 e. The molecule has 0 amide bonds. The summed E-state index contributed by atoms with van der Waals surface area (Å²) in [6.07, 6.45) is 3.61. The number of rotatable bonds is 8. The summed E-state index contributed by atoms with van der Waals surface area (Å²) in [5, 5.41) is 9.38. The standard InChI is InChI=1S/C30H30INO6/c1-37-25-16-19(15-20(31)30(25)38-17-18-7-3-2-4-8-18)27-28-21(9-5-11-23(28)33)32(14-13-26(35)36)22-10-6-12-24(34)29(22)27/h2-4,7-8,15-16,27H,5-6,9-14,17H2,1H3,(H,35,36). The van der Waals surface area contributed by atoms with Crippen molar-refractivity contribution in [2.45, 2.75) is 57.5 Å². The number of carboxylic acid groups (broad SMARTS) is 1. The molecule has 1 aliphatic heterocycles. The van der Waals surface area contributed by atoms with Crippen LogP contribution in [0, 0.1) is 3.57 Å². The van der Waals surface area contributed by atoms with Crippen molar-refractivity contribution in [1.29, 1.82) is 0 Å². The van der Waals surface area contributed by atoms with Crippen LogP contribution in [0.15, 0.2) is 65.0 Å². The highest BCUT2D eigenvalue weighted by atomic mass is 127. The highest BCUT2D eigenvalue weighted by molar-refractivity contribution is 14.1. The Balaban J connectivity index is 1.60. The average Bonchev–Trinajstić information content (AvgIpc) is 2.91. The van der Waals surface area contributed by atoms with Crippen LogP contribution in [0.1, 0.15) is 62.0 Å². The zero-order valence-corrected chi connectivity index (χ0v) is 23.5. The molecule has 0 spiro atoms. The summed E-state index contributed by atoms with van der Waals surface area (Å²) in [7, 11) is 1.59. The molecular formula is C30H30INO6. The highest BCUT2D eigenvalue weighted by Crippen LogP contribution is 2.50. The molecule has 2 aromatic rings. The number of benzene rings is 2. The van der Waals surface area contributed by atoms with Crippen LogP contribution in [-0.2, 0) is 21.0 Å². The fourth-order valence-electron chi connectivity index (χ4n) is 5.80. The van der Waals surface area contributed by atoms with Gasteiger partial charge in [0.1, 0.15) is 6.61 Å². The van der Waals surface area contributed by atoms with E-state index >= 15 is 0 Å². The summed E-state index contributed by atoms with van der Waals surface area (Å²) in [4.78, 5) is 40.3. The molecule has 0 unspecified atom stereocenters. The molecule has 0 saturated carbocycles. The van der Waals surface area contributed by atoms with Crippen molar-refractivity contribution in [2.24, 2.45) is 0 Å². The number of nitrogens with zero attached hydrogens (tertiary/aromatic N) is 1. The normalized spacial score (nSPS) is 17.9. The Morgan fingerprint density at radius 2 is 1.63 bits per heavy atom. The molecule has 0 aromatic heterocycles. The summed E-state index contributed by atoms with van der Waals surface area (Å²) in [5.74, 6) is -0.169. The topological polar surface area (TPSA) is 93.1 Å². The zero-order valence-electron chi connectivity index (χ0n) is 21.3. The van der Waals surface area contributed by atoms with Crippen LogP contribution in [0.2, 0.25) is 0 Å². The molecule has 7 nitrogen and oxygen atoms in total. The number of aliphatic carboxylic acids is 1. The molecule has 38 heavy (non-hydrogen) atoms. The van der Waals surface area contributed by atoms with Crippen LogP contribution >= 0.6 is 22.6 Å². The number of methoxy groups -OCH3 is 1. The third kappa shape index (κ3) is 5.10. The average molecular weight is 627 g/mol. The first kappa shape index (κ1) is 26.5. The van der Waals surface area contributed by atoms with Gasteiger partial charge < -0.3 is 19.5 Å². The predicted molar refractivity (Wildman–Crippen MR) is 150 cm³/mol. The third-order valence-electron chi connectivity index (χ3n) is 7.45. The number of allylic oxidation sites excluding steroid dienone is 4. The minimum atomic E-state index is -0.897. The van der Waals surface area contributed by atoms with Crippen LogP contribution in [0.4, 0.5) is 0 Å². The Morgan fingerprint density at radius 3 is 2.21 bits per heavy atom. The molecular weight excluding hydrogens is 597 g/mol. The van der Waals surface area contributed by atoms with Crippen molar-refractivity contribution < 1.29 is 29.0 Å². The lowest BCUT2D eigenvalue weighted by molar-refractivity contribution is -0.137. The van der Waals surface area contributed by atoms with Crippen molar-refractivity contribution in [3.63, 3.8) is 0 Å². The van der Waals surface area contributed by atoms with Crippen LogP contribution in [0.3, 0.4) is 0 Å². The number of hydrogen-bond acceptors (Lipinski definition) is 6. The Bertz CT molecular complexity index is 1300. The molecule has 0 atom stereocenters. The first-order valence-corrected chi connectivity index (χ1v) is 14.0. The number of carboxylic acids is 1.